The van der Waals surface area contributed by atoms with Crippen molar-refractivity contribution >= 4 is 34.2 Å². The fourth-order valence-corrected chi connectivity index (χ4v) is 4.54. The summed E-state index contributed by atoms with van der Waals surface area (Å²) in [6.07, 6.45) is 0.668. The maximum Gasteiger partial charge on any atom is 0.256 e. The van der Waals surface area contributed by atoms with E-state index in [9.17, 15) is 14.3 Å². The Bertz CT molecular complexity index is 1390. The van der Waals surface area contributed by atoms with Crippen LogP contribution >= 0.6 is 11.6 Å². The van der Waals surface area contributed by atoms with E-state index in [1.165, 1.54) is 18.2 Å². The number of anilines is 1. The highest BCUT2D eigenvalue weighted by molar-refractivity contribution is 6.33. The molecular weight excluding hydrogens is 455 g/mol. The molecule has 2 heterocycles. The smallest absolute Gasteiger partial charge is 0.256 e. The molecule has 1 unspecified atom stereocenters. The van der Waals surface area contributed by atoms with Gasteiger partial charge in [-0.05, 0) is 55.3 Å². The van der Waals surface area contributed by atoms with Crippen molar-refractivity contribution in [3.05, 3.63) is 82.6 Å². The minimum atomic E-state index is -0.649. The van der Waals surface area contributed by atoms with Gasteiger partial charge in [-0.3, -0.25) is 4.79 Å². The molecule has 2 N–H and O–H groups in total. The molecule has 4 aromatic rings. The van der Waals surface area contributed by atoms with Crippen LogP contribution in [0, 0.1) is 12.7 Å². The number of hydrogen-bond acceptors (Lipinski definition) is 5. The lowest BCUT2D eigenvalue weighted by molar-refractivity contribution is 0.0936. The predicted octanol–water partition coefficient (Wildman–Crippen LogP) is 5.11. The minimum Gasteiger partial charge on any atom is -0.507 e. The molecule has 172 valence electrons. The van der Waals surface area contributed by atoms with Crippen molar-refractivity contribution in [2.75, 3.05) is 18.0 Å². The number of halogens is 2. The number of phenolic OH excluding ortho intramolecular Hbond substituents is 1. The molecule has 5 rings (SSSR count). The van der Waals surface area contributed by atoms with Crippen molar-refractivity contribution in [3.63, 3.8) is 0 Å². The standard InChI is InChI=1S/C26H22ClFN4O2/c1-15-9-10-17-21(13-15)30-24(18-5-2-3-8-22(18)33)31-25(17)32-12-11-16(14-32)29-26(34)23-19(27)6-4-7-20(23)28/h2-10,13,16,33H,11-12,14H2,1H3,(H,29,34). The maximum atomic E-state index is 14.2. The number of carbonyl (C=O) groups is 1. The lowest BCUT2D eigenvalue weighted by atomic mass is 10.1. The Morgan fingerprint density at radius 1 is 1.15 bits per heavy atom. The van der Waals surface area contributed by atoms with Gasteiger partial charge in [0.25, 0.3) is 5.91 Å². The summed E-state index contributed by atoms with van der Waals surface area (Å²) in [6.45, 7) is 3.14. The van der Waals surface area contributed by atoms with Crippen LogP contribution in [0.2, 0.25) is 5.02 Å². The highest BCUT2D eigenvalue weighted by Gasteiger charge is 2.28. The van der Waals surface area contributed by atoms with Crippen molar-refractivity contribution in [2.24, 2.45) is 0 Å². The Morgan fingerprint density at radius 2 is 1.97 bits per heavy atom. The maximum absolute atomic E-state index is 14.2. The number of aryl methyl sites for hydroxylation is 1. The molecule has 1 fully saturated rings. The number of amides is 1. The Kier molecular flexibility index (Phi) is 5.79. The third-order valence-electron chi connectivity index (χ3n) is 5.99. The summed E-state index contributed by atoms with van der Waals surface area (Å²) in [4.78, 5) is 24.3. The number of aromatic hydroxyl groups is 1. The fourth-order valence-electron chi connectivity index (χ4n) is 4.29. The van der Waals surface area contributed by atoms with E-state index in [2.05, 4.69) is 10.2 Å². The summed E-state index contributed by atoms with van der Waals surface area (Å²) in [5.41, 5.74) is 2.24. The van der Waals surface area contributed by atoms with Crippen LogP contribution < -0.4 is 10.2 Å². The second kappa shape index (κ2) is 8.91. The SMILES string of the molecule is Cc1ccc2c(N3CCC(NC(=O)c4c(F)cccc4Cl)C3)nc(-c3ccccc3O)nc2c1. The third-order valence-corrected chi connectivity index (χ3v) is 6.31. The van der Waals surface area contributed by atoms with Crippen LogP contribution in [0.4, 0.5) is 10.2 Å². The van der Waals surface area contributed by atoms with Crippen molar-refractivity contribution in [3.8, 4) is 17.1 Å². The number of para-hydroxylation sites is 1. The molecule has 3 aromatic carbocycles. The zero-order chi connectivity index (χ0) is 23.8. The van der Waals surface area contributed by atoms with Gasteiger partial charge in [-0.25, -0.2) is 14.4 Å². The van der Waals surface area contributed by atoms with Crippen molar-refractivity contribution in [2.45, 2.75) is 19.4 Å². The molecule has 1 aliphatic rings. The summed E-state index contributed by atoms with van der Waals surface area (Å²) in [5, 5.41) is 14.2. The van der Waals surface area contributed by atoms with Gasteiger partial charge in [-0.1, -0.05) is 35.9 Å². The first-order valence-corrected chi connectivity index (χ1v) is 11.3. The zero-order valence-electron chi connectivity index (χ0n) is 18.4. The van der Waals surface area contributed by atoms with Gasteiger partial charge < -0.3 is 15.3 Å². The number of hydrogen-bond donors (Lipinski definition) is 2. The number of phenols is 1. The van der Waals surface area contributed by atoms with E-state index in [0.717, 1.165) is 22.3 Å². The van der Waals surface area contributed by atoms with E-state index >= 15 is 0 Å². The number of fused-ring (bicyclic) bond motifs is 1. The molecule has 0 saturated carbocycles. The third kappa shape index (κ3) is 4.15. The fraction of sp³-hybridized carbons (Fsp3) is 0.192. The first-order chi connectivity index (χ1) is 16.4. The van der Waals surface area contributed by atoms with Crippen LogP contribution in [-0.4, -0.2) is 40.1 Å². The van der Waals surface area contributed by atoms with Crippen molar-refractivity contribution in [1.29, 1.82) is 0 Å². The van der Waals surface area contributed by atoms with Gasteiger partial charge in [0.1, 0.15) is 17.4 Å². The first-order valence-electron chi connectivity index (χ1n) is 11.0. The van der Waals surface area contributed by atoms with Crippen LogP contribution in [0.3, 0.4) is 0 Å². The van der Waals surface area contributed by atoms with E-state index in [1.807, 2.05) is 31.2 Å². The number of rotatable bonds is 4. The molecule has 1 aromatic heterocycles. The Morgan fingerprint density at radius 3 is 2.76 bits per heavy atom. The van der Waals surface area contributed by atoms with E-state index in [4.69, 9.17) is 21.6 Å². The van der Waals surface area contributed by atoms with E-state index in [0.29, 0.717) is 30.9 Å². The zero-order valence-corrected chi connectivity index (χ0v) is 19.2. The van der Waals surface area contributed by atoms with Crippen LogP contribution in [-0.2, 0) is 0 Å². The molecule has 0 aliphatic carbocycles. The number of nitrogens with one attached hydrogen (secondary N) is 1. The van der Waals surface area contributed by atoms with E-state index in [1.54, 1.807) is 18.2 Å². The molecule has 1 atom stereocenters. The molecule has 1 aliphatic heterocycles. The van der Waals surface area contributed by atoms with Gasteiger partial charge in [-0.2, -0.15) is 0 Å². The molecule has 0 radical (unpaired) electrons. The summed E-state index contributed by atoms with van der Waals surface area (Å²) in [5.74, 6) is 0.0758. The van der Waals surface area contributed by atoms with E-state index in [-0.39, 0.29) is 22.4 Å². The van der Waals surface area contributed by atoms with E-state index < -0.39 is 11.7 Å². The second-order valence-electron chi connectivity index (χ2n) is 8.41. The average Bonchev–Trinajstić information content (AvgIpc) is 3.26. The number of benzene rings is 3. The average molecular weight is 477 g/mol. The second-order valence-corrected chi connectivity index (χ2v) is 8.82. The summed E-state index contributed by atoms with van der Waals surface area (Å²) >= 11 is 6.05. The number of carbonyl (C=O) groups excluding carboxylic acids is 1. The van der Waals surface area contributed by atoms with Crippen LogP contribution in [0.15, 0.2) is 60.7 Å². The summed E-state index contributed by atoms with van der Waals surface area (Å²) < 4.78 is 14.2. The lowest BCUT2D eigenvalue weighted by Gasteiger charge is -2.21. The largest absolute Gasteiger partial charge is 0.507 e. The van der Waals surface area contributed by atoms with Crippen LogP contribution in [0.25, 0.3) is 22.3 Å². The topological polar surface area (TPSA) is 78.4 Å². The van der Waals surface area contributed by atoms with Crippen LogP contribution in [0.1, 0.15) is 22.3 Å². The monoisotopic (exact) mass is 476 g/mol. The van der Waals surface area contributed by atoms with Gasteiger partial charge in [0.15, 0.2) is 5.82 Å². The summed E-state index contributed by atoms with van der Waals surface area (Å²) in [7, 11) is 0. The predicted molar refractivity (Wildman–Crippen MR) is 131 cm³/mol. The molecule has 34 heavy (non-hydrogen) atoms. The normalized spacial score (nSPS) is 15.6. The molecule has 1 saturated heterocycles. The minimum absolute atomic E-state index is 0.0804. The Hall–Kier alpha value is -3.71. The molecule has 1 amide bonds. The Balaban J connectivity index is 1.46. The number of nitrogens with zero attached hydrogens (tertiary/aromatic N) is 3. The van der Waals surface area contributed by atoms with Gasteiger partial charge in [-0.15, -0.1) is 0 Å². The van der Waals surface area contributed by atoms with Crippen LogP contribution in [0.5, 0.6) is 5.75 Å². The summed E-state index contributed by atoms with van der Waals surface area (Å²) in [6, 6.07) is 16.9. The Labute approximate surface area is 201 Å². The number of aromatic nitrogens is 2. The van der Waals surface area contributed by atoms with Gasteiger partial charge in [0.2, 0.25) is 0 Å². The first kappa shape index (κ1) is 22.1. The molecular formula is C26H22ClFN4O2. The molecule has 0 spiro atoms. The van der Waals surface area contributed by atoms with Gasteiger partial charge in [0.05, 0.1) is 21.7 Å². The van der Waals surface area contributed by atoms with Crippen molar-refractivity contribution in [1.82, 2.24) is 15.3 Å². The highest BCUT2D eigenvalue weighted by atomic mass is 35.5. The van der Waals surface area contributed by atoms with Gasteiger partial charge >= 0.3 is 0 Å². The quantitative estimate of drug-likeness (QED) is 0.428. The van der Waals surface area contributed by atoms with Gasteiger partial charge in [0, 0.05) is 24.5 Å². The highest BCUT2D eigenvalue weighted by Crippen LogP contribution is 2.33. The molecule has 6 nitrogen and oxygen atoms in total. The molecule has 8 heteroatoms. The van der Waals surface area contributed by atoms with Crippen molar-refractivity contribution < 1.29 is 14.3 Å². The lowest BCUT2D eigenvalue weighted by Crippen LogP contribution is -2.37. The molecule has 0 bridgehead atoms.